The molecule has 8 nitrogen and oxygen atoms in total. The van der Waals surface area contributed by atoms with E-state index in [1.807, 2.05) is 24.3 Å². The summed E-state index contributed by atoms with van der Waals surface area (Å²) < 4.78 is 23.8. The molecule has 0 aliphatic carbocycles. The fourth-order valence-corrected chi connectivity index (χ4v) is 3.78. The highest BCUT2D eigenvalue weighted by Gasteiger charge is 2.21. The second-order valence-electron chi connectivity index (χ2n) is 5.44. The van der Waals surface area contributed by atoms with Gasteiger partial charge in [0.05, 0.1) is 15.1 Å². The minimum Gasteiger partial charge on any atom is -0.506 e. The zero-order valence-corrected chi connectivity index (χ0v) is 15.2. The van der Waals surface area contributed by atoms with Crippen LogP contribution < -0.4 is 5.14 Å². The van der Waals surface area contributed by atoms with Gasteiger partial charge in [-0.2, -0.15) is 10.2 Å². The van der Waals surface area contributed by atoms with Gasteiger partial charge in [-0.25, -0.2) is 18.5 Å². The summed E-state index contributed by atoms with van der Waals surface area (Å²) in [5.74, 6) is -0.567. The second-order valence-corrected chi connectivity index (χ2v) is 8.07. The van der Waals surface area contributed by atoms with Crippen molar-refractivity contribution in [3.05, 3.63) is 47.5 Å². The zero-order valence-electron chi connectivity index (χ0n) is 13.5. The van der Waals surface area contributed by atoms with E-state index in [9.17, 15) is 18.3 Å². The molecule has 0 spiro atoms. The Hall–Kier alpha value is -2.69. The van der Waals surface area contributed by atoms with E-state index >= 15 is 0 Å². The minimum absolute atomic E-state index is 0.108. The van der Waals surface area contributed by atoms with Gasteiger partial charge < -0.3 is 5.11 Å². The molecule has 0 fully saturated rings. The van der Waals surface area contributed by atoms with Gasteiger partial charge in [0.15, 0.2) is 11.8 Å². The molecule has 0 aliphatic heterocycles. The van der Waals surface area contributed by atoms with Crippen molar-refractivity contribution in [2.45, 2.75) is 17.9 Å². The lowest BCUT2D eigenvalue weighted by Gasteiger charge is -2.05. The highest BCUT2D eigenvalue weighted by Crippen LogP contribution is 2.33. The number of azo groups is 1. The average molecular weight is 390 g/mol. The number of aromatic hydroxyl groups is 1. The number of nitrogens with zero attached hydrogens (tertiary/aromatic N) is 3. The molecule has 0 saturated heterocycles. The molecule has 1 heterocycles. The van der Waals surface area contributed by atoms with Crippen LogP contribution in [0.25, 0.3) is 10.2 Å². The molecule has 1 atom stereocenters. The number of phenols is 1. The fraction of sp³-hybridized carbons (Fsp3) is 0.125. The smallest absolute Gasteiger partial charge is 0.238 e. The number of sulfonamides is 1. The van der Waals surface area contributed by atoms with Gasteiger partial charge in [-0.15, -0.1) is 11.3 Å². The molecule has 0 bridgehead atoms. The van der Waals surface area contributed by atoms with Crippen LogP contribution in [0.2, 0.25) is 0 Å². The number of primary sulfonamides is 1. The summed E-state index contributed by atoms with van der Waals surface area (Å²) in [7, 11) is -3.96. The van der Waals surface area contributed by atoms with Crippen LogP contribution in [0.3, 0.4) is 0 Å². The van der Waals surface area contributed by atoms with Crippen LogP contribution >= 0.6 is 11.3 Å². The van der Waals surface area contributed by atoms with Gasteiger partial charge in [-0.1, -0.05) is 12.1 Å². The molecular formula is C16H14N4O4S2. The van der Waals surface area contributed by atoms with Gasteiger partial charge in [0, 0.05) is 0 Å². The summed E-state index contributed by atoms with van der Waals surface area (Å²) in [5, 5.41) is 23.2. The van der Waals surface area contributed by atoms with Crippen LogP contribution in [-0.4, -0.2) is 24.3 Å². The van der Waals surface area contributed by atoms with E-state index in [2.05, 4.69) is 15.2 Å². The maximum absolute atomic E-state index is 12.0. The molecular weight excluding hydrogens is 376 g/mol. The van der Waals surface area contributed by atoms with Crippen molar-refractivity contribution in [1.82, 2.24) is 4.98 Å². The van der Waals surface area contributed by atoms with Gasteiger partial charge in [-0.3, -0.25) is 4.79 Å². The number of aromatic nitrogens is 1. The number of carbonyl (C=O) groups excluding carboxylic acids is 1. The Morgan fingerprint density at radius 1 is 1.27 bits per heavy atom. The number of benzene rings is 2. The topological polar surface area (TPSA) is 135 Å². The minimum atomic E-state index is -3.96. The number of Topliss-reactive ketones (excluding diaryl/α,β-unsaturated/α-hetero) is 1. The molecule has 3 aromatic rings. The van der Waals surface area contributed by atoms with Crippen LogP contribution in [0.15, 0.2) is 57.6 Å². The van der Waals surface area contributed by atoms with Crippen molar-refractivity contribution < 1.29 is 18.3 Å². The third-order valence-corrected chi connectivity index (χ3v) is 5.49. The molecule has 3 N–H and O–H groups in total. The fourth-order valence-electron chi connectivity index (χ4n) is 2.19. The number of phenolic OH excluding ortho intramolecular Hbond substituents is 1. The molecule has 0 saturated carbocycles. The monoisotopic (exact) mass is 390 g/mol. The maximum Gasteiger partial charge on any atom is 0.238 e. The predicted molar refractivity (Wildman–Crippen MR) is 97.0 cm³/mol. The van der Waals surface area contributed by atoms with Gasteiger partial charge in [0.2, 0.25) is 10.0 Å². The third-order valence-electron chi connectivity index (χ3n) is 3.49. The van der Waals surface area contributed by atoms with Crippen molar-refractivity contribution in [2.75, 3.05) is 0 Å². The summed E-state index contributed by atoms with van der Waals surface area (Å²) >= 11 is 1.32. The quantitative estimate of drug-likeness (QED) is 0.645. The van der Waals surface area contributed by atoms with Crippen molar-refractivity contribution in [3.8, 4) is 5.75 Å². The second kappa shape index (κ2) is 6.90. The van der Waals surface area contributed by atoms with Crippen LogP contribution in [0.4, 0.5) is 5.69 Å². The Morgan fingerprint density at radius 3 is 2.65 bits per heavy atom. The number of rotatable bonds is 5. The standard InChI is InChI=1S/C16H14N4O4S2/c1-9(21)15(16-18-11-4-2-3-5-14(11)25-16)20-19-12-8-10(26(17,23)24)6-7-13(12)22/h2-8,15,22H,1H3,(H2,17,23,24). The molecule has 0 amide bonds. The first kappa shape index (κ1) is 18.1. The molecule has 10 heteroatoms. The molecule has 0 aliphatic rings. The lowest BCUT2D eigenvalue weighted by Crippen LogP contribution is -2.11. The molecule has 3 rings (SSSR count). The largest absolute Gasteiger partial charge is 0.506 e. The predicted octanol–water partition coefficient (Wildman–Crippen LogP) is 3.06. The highest BCUT2D eigenvalue weighted by molar-refractivity contribution is 7.89. The van der Waals surface area contributed by atoms with Crippen molar-refractivity contribution in [1.29, 1.82) is 0 Å². The van der Waals surface area contributed by atoms with E-state index in [4.69, 9.17) is 5.14 Å². The highest BCUT2D eigenvalue weighted by atomic mass is 32.2. The van der Waals surface area contributed by atoms with E-state index in [1.165, 1.54) is 18.3 Å². The number of nitrogens with two attached hydrogens (primary N) is 1. The zero-order chi connectivity index (χ0) is 18.9. The van der Waals surface area contributed by atoms with Crippen molar-refractivity contribution >= 4 is 43.0 Å². The van der Waals surface area contributed by atoms with Crippen LogP contribution in [0.5, 0.6) is 5.75 Å². The number of carbonyl (C=O) groups is 1. The van der Waals surface area contributed by atoms with Crippen LogP contribution in [0, 0.1) is 0 Å². The number of hydrogen-bond donors (Lipinski definition) is 2. The number of thiazole rings is 1. The van der Waals surface area contributed by atoms with Crippen molar-refractivity contribution in [3.63, 3.8) is 0 Å². The normalized spacial score (nSPS) is 13.3. The first-order valence-corrected chi connectivity index (χ1v) is 9.74. The Balaban J connectivity index is 1.99. The average Bonchev–Trinajstić information content (AvgIpc) is 2.98. The van der Waals surface area contributed by atoms with Crippen molar-refractivity contribution in [2.24, 2.45) is 15.4 Å². The van der Waals surface area contributed by atoms with Gasteiger partial charge in [0.25, 0.3) is 0 Å². The van der Waals surface area contributed by atoms with Gasteiger partial charge >= 0.3 is 0 Å². The first-order valence-electron chi connectivity index (χ1n) is 7.38. The molecule has 1 unspecified atom stereocenters. The van der Waals surface area contributed by atoms with E-state index in [-0.39, 0.29) is 22.1 Å². The maximum atomic E-state index is 12.0. The number of ketones is 1. The van der Waals surface area contributed by atoms with E-state index in [0.717, 1.165) is 28.4 Å². The summed E-state index contributed by atoms with van der Waals surface area (Å²) in [4.78, 5) is 16.2. The SMILES string of the molecule is CC(=O)C(N=Nc1cc(S(N)(=O)=O)ccc1O)c1nc2ccccc2s1. The Kier molecular flexibility index (Phi) is 4.81. The number of hydrogen-bond acceptors (Lipinski definition) is 8. The number of fused-ring (bicyclic) bond motifs is 1. The molecule has 0 radical (unpaired) electrons. The van der Waals surface area contributed by atoms with E-state index < -0.39 is 16.1 Å². The summed E-state index contributed by atoms with van der Waals surface area (Å²) in [6.07, 6.45) is 0. The lowest BCUT2D eigenvalue weighted by molar-refractivity contribution is -0.118. The molecule has 134 valence electrons. The Morgan fingerprint density at radius 2 is 2.00 bits per heavy atom. The Labute approximate surface area is 153 Å². The molecule has 26 heavy (non-hydrogen) atoms. The van der Waals surface area contributed by atoms with Gasteiger partial charge in [0.1, 0.15) is 16.4 Å². The Bertz CT molecular complexity index is 1090. The number of para-hydroxylation sites is 1. The van der Waals surface area contributed by atoms with E-state index in [1.54, 1.807) is 0 Å². The lowest BCUT2D eigenvalue weighted by atomic mass is 10.2. The molecule has 2 aromatic carbocycles. The molecule has 1 aromatic heterocycles. The first-order chi connectivity index (χ1) is 12.3. The van der Waals surface area contributed by atoms with Crippen LogP contribution in [0.1, 0.15) is 18.0 Å². The van der Waals surface area contributed by atoms with E-state index in [0.29, 0.717) is 5.01 Å². The summed E-state index contributed by atoms with van der Waals surface area (Å²) in [6.45, 7) is 1.36. The summed E-state index contributed by atoms with van der Waals surface area (Å²) in [6, 6.07) is 9.85. The van der Waals surface area contributed by atoms with Gasteiger partial charge in [-0.05, 0) is 37.3 Å². The summed E-state index contributed by atoms with van der Waals surface area (Å²) in [5.41, 5.74) is 0.636. The third kappa shape index (κ3) is 3.77. The van der Waals surface area contributed by atoms with Crippen LogP contribution in [-0.2, 0) is 14.8 Å².